The maximum Gasteiger partial charge on any atom is 0.313 e. The lowest BCUT2D eigenvalue weighted by Gasteiger charge is -2.19. The van der Waals surface area contributed by atoms with Crippen molar-refractivity contribution in [3.8, 4) is 5.75 Å². The molecule has 2 amide bonds. The summed E-state index contributed by atoms with van der Waals surface area (Å²) in [7, 11) is 0. The summed E-state index contributed by atoms with van der Waals surface area (Å²) in [6.07, 6.45) is -0.975. The van der Waals surface area contributed by atoms with Crippen LogP contribution in [-0.4, -0.2) is 33.6 Å². The second-order valence-corrected chi connectivity index (χ2v) is 7.61. The maximum atomic E-state index is 12.2. The summed E-state index contributed by atoms with van der Waals surface area (Å²) in [6, 6.07) is 9.15. The van der Waals surface area contributed by atoms with E-state index in [1.165, 1.54) is 26.0 Å². The fourth-order valence-electron chi connectivity index (χ4n) is 2.95. The quantitative estimate of drug-likeness (QED) is 0.284. The van der Waals surface area contributed by atoms with Crippen LogP contribution in [0.1, 0.15) is 38.1 Å². The highest BCUT2D eigenvalue weighted by molar-refractivity contribution is 9.10. The summed E-state index contributed by atoms with van der Waals surface area (Å²) in [4.78, 5) is 45.8. The van der Waals surface area contributed by atoms with Gasteiger partial charge in [-0.1, -0.05) is 28.1 Å². The largest absolute Gasteiger partial charge is 0.446 e. The number of carbonyl (C=O) groups excluding carboxylic acids is 3. The van der Waals surface area contributed by atoms with Crippen molar-refractivity contribution in [2.75, 3.05) is 5.32 Å². The van der Waals surface area contributed by atoms with Gasteiger partial charge in [-0.2, -0.15) is 5.01 Å². The maximum absolute atomic E-state index is 12.2. The summed E-state index contributed by atoms with van der Waals surface area (Å²) in [6.45, 7) is 3.77. The summed E-state index contributed by atoms with van der Waals surface area (Å²) in [5.74, 6) is -1.95. The van der Waals surface area contributed by atoms with Gasteiger partial charge in [0.25, 0.3) is 0 Å². The lowest BCUT2D eigenvalue weighted by atomic mass is 10.1. The van der Waals surface area contributed by atoms with Crippen molar-refractivity contribution in [3.63, 3.8) is 0 Å². The number of carbonyl (C=O) groups is 3. The Morgan fingerprint density at radius 3 is 2.38 bits per heavy atom. The molecule has 1 N–H and O–H groups in total. The van der Waals surface area contributed by atoms with E-state index in [9.17, 15) is 24.5 Å². The monoisotopic (exact) mass is 504 g/mol. The molecule has 0 spiro atoms. The molecule has 0 saturated carbocycles. The standard InChI is InChI=1S/C20H17BrN4O7/c1-10(26)22-15-6-4-13(5-7-15)20-24(11(2)27)23-19(32-20)16-8-14(21)9-17(25(29)30)18(16)31-12(3)28/h4-9,20H,1-3H3,(H,22,26)/t20-/m0/s1. The summed E-state index contributed by atoms with van der Waals surface area (Å²) < 4.78 is 11.3. The molecule has 0 unspecified atom stereocenters. The fraction of sp³-hybridized carbons (Fsp3) is 0.200. The number of nitro benzene ring substituents is 1. The molecular formula is C20H17BrN4O7. The Labute approximate surface area is 190 Å². The molecule has 0 aliphatic carbocycles. The SMILES string of the molecule is CC(=O)Nc1ccc([C@@H]2OC(c3cc(Br)cc([N+](=O)[O-])c3OC(C)=O)=NN2C(C)=O)cc1. The van der Waals surface area contributed by atoms with Crippen LogP contribution >= 0.6 is 15.9 Å². The molecule has 1 heterocycles. The highest BCUT2D eigenvalue weighted by Crippen LogP contribution is 2.39. The van der Waals surface area contributed by atoms with E-state index < -0.39 is 28.7 Å². The van der Waals surface area contributed by atoms with Crippen LogP contribution in [0.5, 0.6) is 5.75 Å². The zero-order valence-corrected chi connectivity index (χ0v) is 18.7. The molecule has 2 aromatic rings. The van der Waals surface area contributed by atoms with E-state index in [4.69, 9.17) is 9.47 Å². The van der Waals surface area contributed by atoms with Crippen LogP contribution in [0.2, 0.25) is 0 Å². The molecule has 32 heavy (non-hydrogen) atoms. The Kier molecular flexibility index (Phi) is 6.53. The van der Waals surface area contributed by atoms with Gasteiger partial charge < -0.3 is 14.8 Å². The van der Waals surface area contributed by atoms with Crippen LogP contribution in [0.3, 0.4) is 0 Å². The minimum absolute atomic E-state index is 0.0184. The van der Waals surface area contributed by atoms with Gasteiger partial charge in [-0.15, -0.1) is 5.10 Å². The molecule has 166 valence electrons. The smallest absolute Gasteiger partial charge is 0.313 e. The molecule has 0 radical (unpaired) electrons. The zero-order valence-electron chi connectivity index (χ0n) is 17.1. The van der Waals surface area contributed by atoms with Gasteiger partial charge in [0.05, 0.1) is 10.5 Å². The number of benzene rings is 2. The van der Waals surface area contributed by atoms with Gasteiger partial charge in [0, 0.05) is 42.6 Å². The Morgan fingerprint density at radius 1 is 1.19 bits per heavy atom. The first-order valence-corrected chi connectivity index (χ1v) is 9.95. The van der Waals surface area contributed by atoms with Crippen LogP contribution in [-0.2, 0) is 19.1 Å². The van der Waals surface area contributed by atoms with E-state index in [0.29, 0.717) is 15.7 Å². The number of nitrogens with zero attached hydrogens (tertiary/aromatic N) is 3. The van der Waals surface area contributed by atoms with Crippen molar-refractivity contribution in [2.45, 2.75) is 27.0 Å². The van der Waals surface area contributed by atoms with Gasteiger partial charge in [-0.05, 0) is 18.2 Å². The minimum Gasteiger partial charge on any atom is -0.446 e. The van der Waals surface area contributed by atoms with Gasteiger partial charge in [0.2, 0.25) is 29.7 Å². The number of hydrogen-bond acceptors (Lipinski definition) is 8. The molecule has 12 heteroatoms. The van der Waals surface area contributed by atoms with Crippen LogP contribution < -0.4 is 10.1 Å². The number of halogens is 1. The number of amides is 2. The van der Waals surface area contributed by atoms with E-state index in [1.807, 2.05) is 0 Å². The Bertz CT molecular complexity index is 1150. The van der Waals surface area contributed by atoms with E-state index in [2.05, 4.69) is 26.3 Å². The zero-order chi connectivity index (χ0) is 23.6. The molecule has 11 nitrogen and oxygen atoms in total. The number of nitrogens with one attached hydrogen (secondary N) is 1. The van der Waals surface area contributed by atoms with Crippen molar-refractivity contribution >= 4 is 51.0 Å². The Hall–Kier alpha value is -3.80. The van der Waals surface area contributed by atoms with E-state index in [-0.39, 0.29) is 23.1 Å². The minimum atomic E-state index is -0.975. The highest BCUT2D eigenvalue weighted by Gasteiger charge is 2.36. The third kappa shape index (κ3) is 4.91. The first-order valence-electron chi connectivity index (χ1n) is 9.16. The van der Waals surface area contributed by atoms with Crippen molar-refractivity contribution in [1.82, 2.24) is 5.01 Å². The molecule has 0 aromatic heterocycles. The molecule has 3 rings (SSSR count). The van der Waals surface area contributed by atoms with Crippen molar-refractivity contribution in [2.24, 2.45) is 5.10 Å². The first-order chi connectivity index (χ1) is 15.1. The molecule has 1 aliphatic heterocycles. The Morgan fingerprint density at radius 2 is 1.84 bits per heavy atom. The number of hydrogen-bond donors (Lipinski definition) is 1. The number of rotatable bonds is 5. The lowest BCUT2D eigenvalue weighted by Crippen LogP contribution is -2.25. The van der Waals surface area contributed by atoms with E-state index in [1.54, 1.807) is 24.3 Å². The van der Waals surface area contributed by atoms with Gasteiger partial charge in [0.15, 0.2) is 0 Å². The highest BCUT2D eigenvalue weighted by atomic mass is 79.9. The molecule has 0 fully saturated rings. The second kappa shape index (κ2) is 9.14. The summed E-state index contributed by atoms with van der Waals surface area (Å²) >= 11 is 3.19. The summed E-state index contributed by atoms with van der Waals surface area (Å²) in [5.41, 5.74) is 0.624. The number of anilines is 1. The number of nitro groups is 1. The third-order valence-corrected chi connectivity index (χ3v) is 4.65. The van der Waals surface area contributed by atoms with Crippen molar-refractivity contribution in [3.05, 3.63) is 62.1 Å². The van der Waals surface area contributed by atoms with Crippen LogP contribution in [0.25, 0.3) is 0 Å². The van der Waals surface area contributed by atoms with Gasteiger partial charge >= 0.3 is 11.7 Å². The lowest BCUT2D eigenvalue weighted by molar-refractivity contribution is -0.385. The van der Waals surface area contributed by atoms with Gasteiger partial charge in [0.1, 0.15) is 0 Å². The predicted molar refractivity (Wildman–Crippen MR) is 116 cm³/mol. The summed E-state index contributed by atoms with van der Waals surface area (Å²) in [5, 5.41) is 19.4. The number of esters is 1. The molecular weight excluding hydrogens is 488 g/mol. The number of ether oxygens (including phenoxy) is 2. The molecule has 0 bridgehead atoms. The average molecular weight is 505 g/mol. The van der Waals surface area contributed by atoms with Crippen molar-refractivity contribution < 1.29 is 28.8 Å². The van der Waals surface area contributed by atoms with Gasteiger partial charge in [-0.25, -0.2) is 0 Å². The molecule has 1 aliphatic rings. The normalized spacial score (nSPS) is 14.9. The van der Waals surface area contributed by atoms with Crippen LogP contribution in [0, 0.1) is 10.1 Å². The average Bonchev–Trinajstić information content (AvgIpc) is 3.14. The topological polar surface area (TPSA) is 140 Å². The van der Waals surface area contributed by atoms with E-state index >= 15 is 0 Å². The number of hydrazone groups is 1. The molecule has 0 saturated heterocycles. The molecule has 1 atom stereocenters. The van der Waals surface area contributed by atoms with E-state index in [0.717, 1.165) is 11.9 Å². The first kappa shape index (κ1) is 22.9. The third-order valence-electron chi connectivity index (χ3n) is 4.19. The molecule has 2 aromatic carbocycles. The Balaban J connectivity index is 2.04. The van der Waals surface area contributed by atoms with Crippen LogP contribution in [0.15, 0.2) is 46.0 Å². The van der Waals surface area contributed by atoms with Crippen LogP contribution in [0.4, 0.5) is 11.4 Å². The second-order valence-electron chi connectivity index (χ2n) is 6.69. The van der Waals surface area contributed by atoms with Crippen molar-refractivity contribution in [1.29, 1.82) is 0 Å². The fourth-order valence-corrected chi connectivity index (χ4v) is 3.40. The van der Waals surface area contributed by atoms with Gasteiger partial charge in [-0.3, -0.25) is 24.5 Å². The predicted octanol–water partition coefficient (Wildman–Crippen LogP) is 3.48.